The van der Waals surface area contributed by atoms with Gasteiger partial charge in [-0.3, -0.25) is 14.4 Å². The summed E-state index contributed by atoms with van der Waals surface area (Å²) in [5.41, 5.74) is 3.31. The van der Waals surface area contributed by atoms with Crippen LogP contribution in [0, 0.1) is 31.6 Å². The molecule has 1 amide bonds. The Hall–Kier alpha value is -2.95. The number of rotatable bonds is 5. The third-order valence-corrected chi connectivity index (χ3v) is 6.61. The van der Waals surface area contributed by atoms with Gasteiger partial charge in [0.15, 0.2) is 0 Å². The minimum absolute atomic E-state index is 0.0380. The Morgan fingerprint density at radius 2 is 1.68 bits per heavy atom. The van der Waals surface area contributed by atoms with E-state index in [1.165, 1.54) is 0 Å². The third-order valence-electron chi connectivity index (χ3n) is 6.61. The molecule has 162 valence electrons. The molecule has 2 aromatic carbocycles. The smallest absolute Gasteiger partial charge is 0.310 e. The van der Waals surface area contributed by atoms with E-state index < -0.39 is 6.10 Å². The molecule has 4 atom stereocenters. The molecular formula is C26H29NO4. The van der Waals surface area contributed by atoms with Crippen molar-refractivity contribution in [3.8, 4) is 0 Å². The molecule has 0 spiro atoms. The lowest BCUT2D eigenvalue weighted by molar-refractivity contribution is -0.162. The standard InChI is InChI=1S/C26H29NO4/c1-16-11-12-17(2)22(13-16)27-25(29)24(18-7-4-3-5-8-18)31-26(30)21-14-19-9-6-10-20(15-21)23(19)28/h3-5,7-8,11-13,19-21,24H,6,9-10,14-15H2,1-2H3,(H,27,29)/t19-,20+,21?,24-/m1/s1. The molecule has 0 heterocycles. The summed E-state index contributed by atoms with van der Waals surface area (Å²) in [5.74, 6) is -0.849. The van der Waals surface area contributed by atoms with E-state index in [2.05, 4.69) is 5.32 Å². The van der Waals surface area contributed by atoms with Gasteiger partial charge in [0.25, 0.3) is 5.91 Å². The Balaban J connectivity index is 1.53. The van der Waals surface area contributed by atoms with Crippen molar-refractivity contribution in [2.45, 2.75) is 52.1 Å². The Bertz CT molecular complexity index is 968. The van der Waals surface area contributed by atoms with Gasteiger partial charge in [0.1, 0.15) is 5.78 Å². The first kappa shape index (κ1) is 21.3. The summed E-state index contributed by atoms with van der Waals surface area (Å²) in [4.78, 5) is 38.7. The van der Waals surface area contributed by atoms with Gasteiger partial charge >= 0.3 is 5.97 Å². The van der Waals surface area contributed by atoms with Crippen molar-refractivity contribution in [1.29, 1.82) is 0 Å². The summed E-state index contributed by atoms with van der Waals surface area (Å²) < 4.78 is 5.82. The van der Waals surface area contributed by atoms with Crippen molar-refractivity contribution in [2.24, 2.45) is 17.8 Å². The Kier molecular flexibility index (Phi) is 6.21. The molecule has 4 rings (SSSR count). The number of fused-ring (bicyclic) bond motifs is 2. The van der Waals surface area contributed by atoms with E-state index in [-0.39, 0.29) is 29.6 Å². The van der Waals surface area contributed by atoms with E-state index >= 15 is 0 Å². The van der Waals surface area contributed by atoms with Gasteiger partial charge in [-0.15, -0.1) is 0 Å². The number of carbonyl (C=O) groups is 3. The number of amides is 1. The van der Waals surface area contributed by atoms with Gasteiger partial charge < -0.3 is 10.1 Å². The first-order chi connectivity index (χ1) is 14.9. The minimum atomic E-state index is -1.04. The predicted molar refractivity (Wildman–Crippen MR) is 118 cm³/mol. The summed E-state index contributed by atoms with van der Waals surface area (Å²) in [5, 5.41) is 2.93. The van der Waals surface area contributed by atoms with Gasteiger partial charge in [-0.05, 0) is 56.7 Å². The maximum atomic E-state index is 13.2. The average Bonchev–Trinajstić information content (AvgIpc) is 2.74. The van der Waals surface area contributed by atoms with Gasteiger partial charge in [0.05, 0.1) is 5.92 Å². The van der Waals surface area contributed by atoms with Crippen molar-refractivity contribution in [1.82, 2.24) is 0 Å². The molecule has 1 N–H and O–H groups in total. The predicted octanol–water partition coefficient (Wildman–Crippen LogP) is 4.92. The summed E-state index contributed by atoms with van der Waals surface area (Å²) in [6, 6.07) is 14.9. The molecule has 2 fully saturated rings. The van der Waals surface area contributed by atoms with Crippen molar-refractivity contribution < 1.29 is 19.1 Å². The van der Waals surface area contributed by atoms with Gasteiger partial charge in [0.2, 0.25) is 6.10 Å². The molecule has 2 bridgehead atoms. The zero-order valence-corrected chi connectivity index (χ0v) is 18.1. The van der Waals surface area contributed by atoms with Crippen molar-refractivity contribution in [3.63, 3.8) is 0 Å². The van der Waals surface area contributed by atoms with E-state index in [1.807, 2.05) is 50.2 Å². The van der Waals surface area contributed by atoms with Crippen molar-refractivity contribution >= 4 is 23.3 Å². The molecule has 0 saturated heterocycles. The van der Waals surface area contributed by atoms with E-state index in [1.54, 1.807) is 12.1 Å². The summed E-state index contributed by atoms with van der Waals surface area (Å²) >= 11 is 0. The van der Waals surface area contributed by atoms with Crippen LogP contribution in [-0.4, -0.2) is 17.7 Å². The maximum Gasteiger partial charge on any atom is 0.310 e. The topological polar surface area (TPSA) is 72.5 Å². The van der Waals surface area contributed by atoms with Crippen LogP contribution in [0.1, 0.15) is 54.9 Å². The molecule has 2 aromatic rings. The van der Waals surface area contributed by atoms with Gasteiger partial charge in [0, 0.05) is 23.1 Å². The van der Waals surface area contributed by atoms with Crippen molar-refractivity contribution in [3.05, 3.63) is 65.2 Å². The van der Waals surface area contributed by atoms with Crippen LogP contribution in [0.5, 0.6) is 0 Å². The van der Waals surface area contributed by atoms with Gasteiger partial charge in [-0.25, -0.2) is 0 Å². The molecule has 0 aliphatic heterocycles. The first-order valence-corrected chi connectivity index (χ1v) is 11.1. The number of hydrogen-bond donors (Lipinski definition) is 1. The SMILES string of the molecule is Cc1ccc(C)c(NC(=O)[C@H](OC(=O)C2C[C@H]3CCC[C@@H](C2)C3=O)c2ccccc2)c1. The minimum Gasteiger partial charge on any atom is -0.447 e. The molecule has 2 saturated carbocycles. The number of anilines is 1. The Morgan fingerprint density at radius 3 is 2.35 bits per heavy atom. The molecule has 5 heteroatoms. The van der Waals surface area contributed by atoms with Gasteiger partial charge in [-0.1, -0.05) is 48.9 Å². The number of ketones is 1. The second kappa shape index (κ2) is 9.04. The number of nitrogens with one attached hydrogen (secondary N) is 1. The zero-order valence-electron chi connectivity index (χ0n) is 18.1. The molecule has 31 heavy (non-hydrogen) atoms. The number of aryl methyl sites for hydroxylation is 2. The van der Waals surface area contributed by atoms with E-state index in [0.29, 0.717) is 29.9 Å². The number of benzene rings is 2. The maximum absolute atomic E-state index is 13.2. The molecular weight excluding hydrogens is 390 g/mol. The monoisotopic (exact) mass is 419 g/mol. The summed E-state index contributed by atoms with van der Waals surface area (Å²) in [6.45, 7) is 3.89. The van der Waals surface area contributed by atoms with Crippen LogP contribution in [0.4, 0.5) is 5.69 Å². The average molecular weight is 420 g/mol. The lowest BCUT2D eigenvalue weighted by Crippen LogP contribution is -2.40. The van der Waals surface area contributed by atoms with Crippen molar-refractivity contribution in [2.75, 3.05) is 5.32 Å². The fourth-order valence-electron chi connectivity index (χ4n) is 4.85. The summed E-state index contributed by atoms with van der Waals surface area (Å²) in [6.07, 6.45) is 2.80. The van der Waals surface area contributed by atoms with Crippen LogP contribution >= 0.6 is 0 Å². The van der Waals surface area contributed by atoms with E-state index in [4.69, 9.17) is 4.74 Å². The highest BCUT2D eigenvalue weighted by molar-refractivity contribution is 5.97. The lowest BCUT2D eigenvalue weighted by Gasteiger charge is -2.36. The summed E-state index contributed by atoms with van der Waals surface area (Å²) in [7, 11) is 0. The van der Waals surface area contributed by atoms with Crippen LogP contribution in [-0.2, 0) is 19.1 Å². The Labute approximate surface area is 183 Å². The highest BCUT2D eigenvalue weighted by Gasteiger charge is 2.42. The van der Waals surface area contributed by atoms with Crippen LogP contribution in [0.2, 0.25) is 0 Å². The fourth-order valence-corrected chi connectivity index (χ4v) is 4.85. The zero-order chi connectivity index (χ0) is 22.0. The molecule has 0 radical (unpaired) electrons. The highest BCUT2D eigenvalue weighted by Crippen LogP contribution is 2.41. The van der Waals surface area contributed by atoms with E-state index in [0.717, 1.165) is 30.4 Å². The molecule has 2 aliphatic carbocycles. The number of ether oxygens (including phenoxy) is 1. The number of esters is 1. The quantitative estimate of drug-likeness (QED) is 0.698. The number of Topliss-reactive ketones (excluding diaryl/α,β-unsaturated/α-hetero) is 1. The Morgan fingerprint density at radius 1 is 1.00 bits per heavy atom. The molecule has 5 nitrogen and oxygen atoms in total. The normalized spacial score (nSPS) is 23.7. The number of hydrogen-bond acceptors (Lipinski definition) is 4. The molecule has 2 aliphatic rings. The van der Waals surface area contributed by atoms with Crippen LogP contribution in [0.15, 0.2) is 48.5 Å². The lowest BCUT2D eigenvalue weighted by atomic mass is 9.67. The molecule has 0 aromatic heterocycles. The largest absolute Gasteiger partial charge is 0.447 e. The second-order valence-electron chi connectivity index (χ2n) is 8.93. The first-order valence-electron chi connectivity index (χ1n) is 11.1. The molecule has 1 unspecified atom stereocenters. The second-order valence-corrected chi connectivity index (χ2v) is 8.93. The van der Waals surface area contributed by atoms with E-state index in [9.17, 15) is 14.4 Å². The van der Waals surface area contributed by atoms with Gasteiger partial charge in [-0.2, -0.15) is 0 Å². The fraction of sp³-hybridized carbons (Fsp3) is 0.423. The third kappa shape index (κ3) is 4.71. The highest BCUT2D eigenvalue weighted by atomic mass is 16.5. The van der Waals surface area contributed by atoms with Crippen LogP contribution < -0.4 is 5.32 Å². The number of carbonyl (C=O) groups excluding carboxylic acids is 3. The van der Waals surface area contributed by atoms with Crippen LogP contribution in [0.3, 0.4) is 0 Å². The van der Waals surface area contributed by atoms with Crippen LogP contribution in [0.25, 0.3) is 0 Å².